The van der Waals surface area contributed by atoms with Gasteiger partial charge < -0.3 is 0 Å². The van der Waals surface area contributed by atoms with E-state index in [1.165, 1.54) is 3.48 Å². The topological polar surface area (TPSA) is 0 Å². The average Bonchev–Trinajstić information content (AvgIpc) is 1.86. The van der Waals surface area contributed by atoms with Crippen molar-refractivity contribution in [1.82, 2.24) is 0 Å². The van der Waals surface area contributed by atoms with Crippen molar-refractivity contribution in [2.24, 2.45) is 0 Å². The largest absolute Gasteiger partial charge is 0.190 e. The van der Waals surface area contributed by atoms with Gasteiger partial charge in [0.15, 0.2) is 7.28 Å². The van der Waals surface area contributed by atoms with E-state index >= 15 is 0 Å². The molecule has 0 nitrogen and oxygen atoms in total. The van der Waals surface area contributed by atoms with Gasteiger partial charge in [-0.05, 0) is 3.48 Å². The summed E-state index contributed by atoms with van der Waals surface area (Å²) in [5, 5.41) is 0. The fourth-order valence-corrected chi connectivity index (χ4v) is 0.883. The maximum atomic E-state index is 2.33. The van der Waals surface area contributed by atoms with E-state index in [1.807, 2.05) is 0 Å². The van der Waals surface area contributed by atoms with Crippen LogP contribution in [0.5, 0.6) is 0 Å². The number of halogens is 1. The van der Waals surface area contributed by atoms with Gasteiger partial charge in [-0.2, -0.15) is 0 Å². The SMILES string of the molecule is IC1=CC=CB1. The zero-order valence-electron chi connectivity index (χ0n) is 3.32. The van der Waals surface area contributed by atoms with Crippen LogP contribution in [-0.2, 0) is 0 Å². The van der Waals surface area contributed by atoms with Crippen LogP contribution < -0.4 is 0 Å². The summed E-state index contributed by atoms with van der Waals surface area (Å²) in [6, 6.07) is 0. The van der Waals surface area contributed by atoms with Crippen molar-refractivity contribution in [3.63, 3.8) is 0 Å². The number of rotatable bonds is 0. The molecule has 30 valence electrons. The standard InChI is InChI=1S/C4H4BI/c6-4-2-1-3-5-4/h1-3,5H. The van der Waals surface area contributed by atoms with Crippen LogP contribution in [0.25, 0.3) is 0 Å². The third-order valence-electron chi connectivity index (χ3n) is 0.726. The molecule has 2 heteroatoms. The molecule has 0 radical (unpaired) electrons. The second-order valence-corrected chi connectivity index (χ2v) is 2.63. The van der Waals surface area contributed by atoms with E-state index in [1.54, 1.807) is 0 Å². The summed E-state index contributed by atoms with van der Waals surface area (Å²) >= 11 is 2.33. The summed E-state index contributed by atoms with van der Waals surface area (Å²) < 4.78 is 1.44. The number of allylic oxidation sites excluding steroid dienone is 2. The van der Waals surface area contributed by atoms with Gasteiger partial charge in [-0.25, -0.2) is 0 Å². The van der Waals surface area contributed by atoms with Gasteiger partial charge in [0, 0.05) is 0 Å². The Kier molecular flexibility index (Phi) is 1.35. The number of hydrogen-bond donors (Lipinski definition) is 0. The van der Waals surface area contributed by atoms with Crippen LogP contribution in [0, 0.1) is 0 Å². The molecule has 1 rings (SSSR count). The predicted molar refractivity (Wildman–Crippen MR) is 38.4 cm³/mol. The molecule has 0 aromatic rings. The molecule has 0 spiro atoms. The van der Waals surface area contributed by atoms with Gasteiger partial charge in [-0.3, -0.25) is 0 Å². The van der Waals surface area contributed by atoms with Crippen molar-refractivity contribution in [3.8, 4) is 0 Å². The zero-order chi connectivity index (χ0) is 4.41. The van der Waals surface area contributed by atoms with E-state index in [-0.39, 0.29) is 0 Å². The highest BCUT2D eigenvalue weighted by molar-refractivity contribution is 14.1. The summed E-state index contributed by atoms with van der Waals surface area (Å²) in [7, 11) is 1.15. The minimum atomic E-state index is 1.15. The molecule has 0 fully saturated rings. The molecule has 0 bridgehead atoms. The first kappa shape index (κ1) is 4.43. The van der Waals surface area contributed by atoms with Crippen LogP contribution in [0.3, 0.4) is 0 Å². The molecule has 0 aromatic carbocycles. The van der Waals surface area contributed by atoms with Crippen LogP contribution in [0.4, 0.5) is 0 Å². The first-order valence-electron chi connectivity index (χ1n) is 1.91. The molecule has 0 atom stereocenters. The van der Waals surface area contributed by atoms with Crippen molar-refractivity contribution in [2.45, 2.75) is 0 Å². The van der Waals surface area contributed by atoms with Gasteiger partial charge in [0.05, 0.1) is 0 Å². The van der Waals surface area contributed by atoms with E-state index in [9.17, 15) is 0 Å². The van der Waals surface area contributed by atoms with Gasteiger partial charge in [0.1, 0.15) is 0 Å². The molecule has 0 amide bonds. The van der Waals surface area contributed by atoms with E-state index in [4.69, 9.17) is 0 Å². The van der Waals surface area contributed by atoms with Crippen molar-refractivity contribution in [1.29, 1.82) is 0 Å². The van der Waals surface area contributed by atoms with Crippen molar-refractivity contribution < 1.29 is 0 Å². The second-order valence-electron chi connectivity index (χ2n) is 1.25. The highest BCUT2D eigenvalue weighted by Gasteiger charge is 1.91. The lowest BCUT2D eigenvalue weighted by molar-refractivity contribution is 2.14. The molecule has 1 heterocycles. The Bertz CT molecular complexity index is 104. The molecular formula is C4H4BI. The van der Waals surface area contributed by atoms with Crippen LogP contribution in [0.2, 0.25) is 0 Å². The van der Waals surface area contributed by atoms with Crippen LogP contribution in [0.15, 0.2) is 21.6 Å². The lowest BCUT2D eigenvalue weighted by atomic mass is 9.82. The molecular weight excluding hydrogens is 186 g/mol. The normalized spacial score (nSPS) is 17.2. The van der Waals surface area contributed by atoms with Crippen molar-refractivity contribution >= 4 is 29.9 Å². The van der Waals surface area contributed by atoms with E-state index in [0.29, 0.717) is 0 Å². The Labute approximate surface area is 51.7 Å². The van der Waals surface area contributed by atoms with Crippen LogP contribution in [-0.4, -0.2) is 7.28 Å². The molecule has 6 heavy (non-hydrogen) atoms. The fourth-order valence-electron chi connectivity index (χ4n) is 0.421. The molecule has 1 aliphatic heterocycles. The fraction of sp³-hybridized carbons (Fsp3) is 0. The molecule has 0 aromatic heterocycles. The first-order valence-corrected chi connectivity index (χ1v) is 2.98. The Balaban J connectivity index is 2.61. The van der Waals surface area contributed by atoms with Gasteiger partial charge in [0.2, 0.25) is 0 Å². The molecule has 0 aliphatic carbocycles. The van der Waals surface area contributed by atoms with E-state index in [0.717, 1.165) is 7.28 Å². The molecule has 0 N–H and O–H groups in total. The summed E-state index contributed by atoms with van der Waals surface area (Å²) in [4.78, 5) is 0. The number of hydrogen-bond acceptors (Lipinski definition) is 0. The lowest BCUT2D eigenvalue weighted by Crippen LogP contribution is -1.73. The van der Waals surface area contributed by atoms with Gasteiger partial charge >= 0.3 is 0 Å². The minimum absolute atomic E-state index is 1.15. The molecule has 1 aliphatic rings. The van der Waals surface area contributed by atoms with Crippen molar-refractivity contribution in [3.05, 3.63) is 21.6 Å². The van der Waals surface area contributed by atoms with Gasteiger partial charge in [-0.15, -0.1) is 5.98 Å². The second kappa shape index (κ2) is 1.82. The smallest absolute Gasteiger partial charge is 0.113 e. The Morgan fingerprint density at radius 1 is 1.67 bits per heavy atom. The average molecular weight is 190 g/mol. The summed E-state index contributed by atoms with van der Waals surface area (Å²) in [6.07, 6.45) is 4.21. The van der Waals surface area contributed by atoms with Crippen LogP contribution in [0.1, 0.15) is 0 Å². The van der Waals surface area contributed by atoms with Gasteiger partial charge in [0.25, 0.3) is 0 Å². The maximum Gasteiger partial charge on any atom is 0.190 e. The Morgan fingerprint density at radius 3 is 2.67 bits per heavy atom. The monoisotopic (exact) mass is 190 g/mol. The van der Waals surface area contributed by atoms with Crippen LogP contribution >= 0.6 is 22.6 Å². The maximum absolute atomic E-state index is 2.33. The minimum Gasteiger partial charge on any atom is -0.113 e. The van der Waals surface area contributed by atoms with Gasteiger partial charge in [-0.1, -0.05) is 34.7 Å². The molecule has 0 saturated heterocycles. The quantitative estimate of drug-likeness (QED) is 0.397. The lowest BCUT2D eigenvalue weighted by Gasteiger charge is -1.73. The zero-order valence-corrected chi connectivity index (χ0v) is 5.47. The van der Waals surface area contributed by atoms with Crippen molar-refractivity contribution in [2.75, 3.05) is 0 Å². The molecule has 0 saturated carbocycles. The Hall–Kier alpha value is 0.275. The molecule has 0 unspecified atom stereocenters. The third-order valence-corrected chi connectivity index (χ3v) is 1.53. The first-order chi connectivity index (χ1) is 2.89. The third kappa shape index (κ3) is 0.866. The highest BCUT2D eigenvalue weighted by Crippen LogP contribution is 2.07. The summed E-state index contributed by atoms with van der Waals surface area (Å²) in [5.41, 5.74) is 0. The predicted octanol–water partition coefficient (Wildman–Crippen LogP) is 1.23. The van der Waals surface area contributed by atoms with E-state index in [2.05, 4.69) is 40.7 Å². The Morgan fingerprint density at radius 2 is 2.50 bits per heavy atom. The summed E-state index contributed by atoms with van der Waals surface area (Å²) in [6.45, 7) is 0. The summed E-state index contributed by atoms with van der Waals surface area (Å²) in [5.74, 6) is 2.15. The highest BCUT2D eigenvalue weighted by atomic mass is 127. The van der Waals surface area contributed by atoms with E-state index < -0.39 is 0 Å².